The third-order valence-corrected chi connectivity index (χ3v) is 5.17. The molecule has 1 heterocycles. The van der Waals surface area contributed by atoms with Crippen LogP contribution >= 0.6 is 0 Å². The normalized spacial score (nSPS) is 13.6. The van der Waals surface area contributed by atoms with Crippen molar-refractivity contribution in [3.8, 4) is 0 Å². The highest BCUT2D eigenvalue weighted by molar-refractivity contribution is 5.97. The Labute approximate surface area is 196 Å². The summed E-state index contributed by atoms with van der Waals surface area (Å²) in [7, 11) is 1.97. The molecule has 0 aliphatic heterocycles. The van der Waals surface area contributed by atoms with Crippen LogP contribution in [-0.2, 0) is 17.6 Å². The molecule has 180 valence electrons. The average molecular weight is 443 g/mol. The summed E-state index contributed by atoms with van der Waals surface area (Å²) in [6.07, 6.45) is 16.4. The van der Waals surface area contributed by atoms with Gasteiger partial charge in [0.15, 0.2) is 0 Å². The van der Waals surface area contributed by atoms with Crippen molar-refractivity contribution in [3.05, 3.63) is 53.5 Å². The number of hydrogen-bond donors (Lipinski definition) is 2. The molecule has 0 bridgehead atoms. The maximum Gasteiger partial charge on any atom is 0.143 e. The van der Waals surface area contributed by atoms with Crippen LogP contribution in [-0.4, -0.2) is 43.2 Å². The van der Waals surface area contributed by atoms with Gasteiger partial charge in [-0.2, -0.15) is 0 Å². The summed E-state index contributed by atoms with van der Waals surface area (Å²) in [6, 6.07) is 4.23. The van der Waals surface area contributed by atoms with E-state index in [4.69, 9.17) is 0 Å². The number of nitrogens with zero attached hydrogens (tertiary/aromatic N) is 2. The first kappa shape index (κ1) is 29.9. The number of aromatic nitrogens is 1. The Kier molecular flexibility index (Phi) is 19.4. The molecule has 0 saturated heterocycles. The molecule has 5 heteroatoms. The fraction of sp³-hybridized carbons (Fsp3) is 0.593. The fourth-order valence-electron chi connectivity index (χ4n) is 3.02. The van der Waals surface area contributed by atoms with Crippen molar-refractivity contribution >= 4 is 11.5 Å². The maximum absolute atomic E-state index is 10.5. The van der Waals surface area contributed by atoms with Crippen molar-refractivity contribution in [1.82, 2.24) is 15.6 Å². The summed E-state index contributed by atoms with van der Waals surface area (Å²) < 4.78 is 0. The Balaban J connectivity index is 0.000000452. The van der Waals surface area contributed by atoms with Gasteiger partial charge < -0.3 is 10.6 Å². The maximum atomic E-state index is 10.5. The Morgan fingerprint density at radius 2 is 1.81 bits per heavy atom. The Bertz CT molecular complexity index is 682. The minimum atomic E-state index is 0.213. The van der Waals surface area contributed by atoms with Crippen LogP contribution in [0.5, 0.6) is 0 Å². The molecule has 2 N–H and O–H groups in total. The van der Waals surface area contributed by atoms with E-state index < -0.39 is 0 Å². The van der Waals surface area contributed by atoms with Crippen molar-refractivity contribution in [2.24, 2.45) is 4.99 Å². The van der Waals surface area contributed by atoms with E-state index in [1.165, 1.54) is 55.4 Å². The summed E-state index contributed by atoms with van der Waals surface area (Å²) in [5.41, 5.74) is 5.11. The van der Waals surface area contributed by atoms with Gasteiger partial charge in [-0.15, -0.1) is 0 Å². The SMILES string of the molecule is CNCCCCCNCC(C)=O.C\C=C(C)/C(C)=N/C=C/C.c1cnc2c(c1)CCCC2. The molecule has 0 amide bonds. The monoisotopic (exact) mass is 442 g/mol. The van der Waals surface area contributed by atoms with Crippen LogP contribution < -0.4 is 10.6 Å². The van der Waals surface area contributed by atoms with Crippen LogP contribution in [0.1, 0.15) is 78.0 Å². The Morgan fingerprint density at radius 1 is 1.09 bits per heavy atom. The van der Waals surface area contributed by atoms with E-state index in [1.807, 2.05) is 52.4 Å². The second kappa shape index (κ2) is 20.8. The van der Waals surface area contributed by atoms with Crippen LogP contribution in [0, 0.1) is 0 Å². The van der Waals surface area contributed by atoms with Gasteiger partial charge in [-0.3, -0.25) is 14.8 Å². The first-order valence-corrected chi connectivity index (χ1v) is 12.0. The second-order valence-corrected chi connectivity index (χ2v) is 8.03. The molecular weight excluding hydrogens is 396 g/mol. The van der Waals surface area contributed by atoms with Gasteiger partial charge in [0.25, 0.3) is 0 Å². The minimum absolute atomic E-state index is 0.213. The van der Waals surface area contributed by atoms with Gasteiger partial charge in [0.1, 0.15) is 5.78 Å². The van der Waals surface area contributed by atoms with Crippen molar-refractivity contribution in [2.75, 3.05) is 26.7 Å². The standard InChI is InChI=1S/C9H20N2O.C9H11N.C9H15N/c1-9(12)8-11-7-5-3-4-6-10-2;1-2-6-9-8(4-1)5-3-7-10-9;1-5-7-10-9(4)8(3)6-2/h10-11H,3-8H2,1-2H3;3,5,7H,1-2,4,6H2;5-7H,1-4H3/b;;7-5+,8-6-,10-9+. The van der Waals surface area contributed by atoms with Crippen LogP contribution in [0.3, 0.4) is 0 Å². The first-order valence-electron chi connectivity index (χ1n) is 12.0. The molecule has 0 unspecified atom stereocenters. The summed E-state index contributed by atoms with van der Waals surface area (Å²) in [6.45, 7) is 12.2. The van der Waals surface area contributed by atoms with Crippen LogP contribution in [0.4, 0.5) is 0 Å². The van der Waals surface area contributed by atoms with Crippen molar-refractivity contribution < 1.29 is 4.79 Å². The summed E-state index contributed by atoms with van der Waals surface area (Å²) >= 11 is 0. The summed E-state index contributed by atoms with van der Waals surface area (Å²) in [5.74, 6) is 0.213. The molecule has 1 aromatic heterocycles. The van der Waals surface area contributed by atoms with E-state index in [-0.39, 0.29) is 5.78 Å². The first-order chi connectivity index (χ1) is 15.5. The van der Waals surface area contributed by atoms with Crippen LogP contribution in [0.2, 0.25) is 0 Å². The summed E-state index contributed by atoms with van der Waals surface area (Å²) in [5, 5.41) is 6.19. The number of allylic oxidation sites excluding steroid dienone is 3. The molecule has 2 rings (SSSR count). The quantitative estimate of drug-likeness (QED) is 0.373. The smallest absolute Gasteiger partial charge is 0.143 e. The highest BCUT2D eigenvalue weighted by Gasteiger charge is 2.07. The van der Waals surface area contributed by atoms with E-state index in [1.54, 1.807) is 6.92 Å². The lowest BCUT2D eigenvalue weighted by Crippen LogP contribution is -2.22. The zero-order valence-corrected chi connectivity index (χ0v) is 21.3. The number of rotatable bonds is 10. The number of pyridine rings is 1. The molecule has 0 spiro atoms. The molecule has 0 saturated carbocycles. The van der Waals surface area contributed by atoms with Crippen LogP contribution in [0.15, 0.2) is 47.2 Å². The Hall–Kier alpha value is -2.11. The van der Waals surface area contributed by atoms with Gasteiger partial charge in [-0.1, -0.05) is 24.6 Å². The molecule has 0 radical (unpaired) electrons. The molecule has 0 atom stereocenters. The van der Waals surface area contributed by atoms with E-state index in [0.717, 1.165) is 25.2 Å². The largest absolute Gasteiger partial charge is 0.320 e. The third-order valence-electron chi connectivity index (χ3n) is 5.17. The highest BCUT2D eigenvalue weighted by atomic mass is 16.1. The lowest BCUT2D eigenvalue weighted by molar-refractivity contribution is -0.116. The molecule has 32 heavy (non-hydrogen) atoms. The number of unbranched alkanes of at least 4 members (excludes halogenated alkanes) is 2. The number of aryl methyl sites for hydroxylation is 2. The molecule has 1 aliphatic rings. The third kappa shape index (κ3) is 16.6. The van der Waals surface area contributed by atoms with Gasteiger partial charge in [0, 0.05) is 23.8 Å². The van der Waals surface area contributed by atoms with E-state index >= 15 is 0 Å². The lowest BCUT2D eigenvalue weighted by Gasteiger charge is -2.12. The number of carbonyl (C=O) groups excluding carboxylic acids is 1. The molecule has 0 fully saturated rings. The average Bonchev–Trinajstić information content (AvgIpc) is 2.82. The van der Waals surface area contributed by atoms with Gasteiger partial charge >= 0.3 is 0 Å². The van der Waals surface area contributed by atoms with Crippen molar-refractivity contribution in [3.63, 3.8) is 0 Å². The molecule has 1 aromatic rings. The van der Waals surface area contributed by atoms with Gasteiger partial charge in [-0.25, -0.2) is 0 Å². The number of fused-ring (bicyclic) bond motifs is 1. The number of carbonyl (C=O) groups is 1. The Morgan fingerprint density at radius 3 is 2.44 bits per heavy atom. The van der Waals surface area contributed by atoms with Crippen molar-refractivity contribution in [2.45, 2.75) is 79.6 Å². The molecule has 5 nitrogen and oxygen atoms in total. The number of ketones is 1. The van der Waals surface area contributed by atoms with Crippen molar-refractivity contribution in [1.29, 1.82) is 0 Å². The molecule has 1 aliphatic carbocycles. The predicted molar refractivity (Wildman–Crippen MR) is 140 cm³/mol. The fourth-order valence-corrected chi connectivity index (χ4v) is 3.02. The van der Waals surface area contributed by atoms with E-state index in [2.05, 4.69) is 39.7 Å². The minimum Gasteiger partial charge on any atom is -0.320 e. The van der Waals surface area contributed by atoms with Gasteiger partial charge in [-0.05, 0) is 110 Å². The topological polar surface area (TPSA) is 66.4 Å². The van der Waals surface area contributed by atoms with Crippen LogP contribution in [0.25, 0.3) is 0 Å². The summed E-state index contributed by atoms with van der Waals surface area (Å²) in [4.78, 5) is 19.0. The lowest BCUT2D eigenvalue weighted by atomic mass is 9.96. The number of Topliss-reactive ketones (excluding diaryl/α,β-unsaturated/α-hetero) is 1. The number of hydrogen-bond acceptors (Lipinski definition) is 5. The zero-order chi connectivity index (χ0) is 24.0. The number of nitrogens with one attached hydrogen (secondary N) is 2. The predicted octanol–water partition coefficient (Wildman–Crippen LogP) is 5.46. The molecular formula is C27H46N4O. The molecule has 0 aromatic carbocycles. The zero-order valence-electron chi connectivity index (χ0n) is 21.3. The van der Waals surface area contributed by atoms with E-state index in [0.29, 0.717) is 6.54 Å². The van der Waals surface area contributed by atoms with Gasteiger partial charge in [0.05, 0.1) is 6.54 Å². The van der Waals surface area contributed by atoms with Gasteiger partial charge in [0.2, 0.25) is 0 Å². The highest BCUT2D eigenvalue weighted by Crippen LogP contribution is 2.17. The second-order valence-electron chi connectivity index (χ2n) is 8.03. The number of aliphatic imine (C=N–C) groups is 1. The van der Waals surface area contributed by atoms with E-state index in [9.17, 15) is 4.79 Å².